The fourth-order valence-electron chi connectivity index (χ4n) is 2.59. The average Bonchev–Trinajstić information content (AvgIpc) is 2.63. The van der Waals surface area contributed by atoms with Gasteiger partial charge in [0.15, 0.2) is 5.78 Å². The van der Waals surface area contributed by atoms with Crippen molar-refractivity contribution >= 4 is 11.6 Å². The summed E-state index contributed by atoms with van der Waals surface area (Å²) in [6.45, 7) is 3.69. The summed E-state index contributed by atoms with van der Waals surface area (Å²) in [4.78, 5) is 15.8. The molecule has 24 heavy (non-hydrogen) atoms. The van der Waals surface area contributed by atoms with Crippen LogP contribution < -0.4 is 5.32 Å². The minimum absolute atomic E-state index is 0.0779. The van der Waals surface area contributed by atoms with E-state index < -0.39 is 0 Å². The third-order valence-corrected chi connectivity index (χ3v) is 4.05. The summed E-state index contributed by atoms with van der Waals surface area (Å²) in [5.74, 6) is 0.921. The molecule has 0 aliphatic heterocycles. The normalized spacial score (nSPS) is 11.8. The van der Waals surface area contributed by atoms with E-state index in [1.54, 1.807) is 6.92 Å². The average molecular weight is 316 g/mol. The van der Waals surface area contributed by atoms with Crippen molar-refractivity contribution in [2.45, 2.75) is 19.9 Å². The molecule has 1 atom stereocenters. The molecule has 3 aromatic rings. The summed E-state index contributed by atoms with van der Waals surface area (Å²) in [7, 11) is 0. The lowest BCUT2D eigenvalue weighted by atomic mass is 10.0. The second kappa shape index (κ2) is 7.09. The van der Waals surface area contributed by atoms with E-state index in [2.05, 4.69) is 29.4 Å². The molecule has 0 aliphatic carbocycles. The Balaban J connectivity index is 1.72. The first-order valence-corrected chi connectivity index (χ1v) is 8.02. The van der Waals surface area contributed by atoms with E-state index in [9.17, 15) is 4.79 Å². The van der Waals surface area contributed by atoms with Gasteiger partial charge in [-0.15, -0.1) is 0 Å². The zero-order valence-electron chi connectivity index (χ0n) is 13.9. The van der Waals surface area contributed by atoms with Crippen LogP contribution >= 0.6 is 0 Å². The van der Waals surface area contributed by atoms with Crippen LogP contribution in [-0.2, 0) is 0 Å². The van der Waals surface area contributed by atoms with Gasteiger partial charge in [-0.05, 0) is 37.1 Å². The number of hydrogen-bond acceptors (Lipinski definition) is 3. The molecule has 0 fully saturated rings. The maximum Gasteiger partial charge on any atom is 0.159 e. The van der Waals surface area contributed by atoms with Gasteiger partial charge in [-0.25, -0.2) is 4.98 Å². The number of hydrogen-bond donors (Lipinski definition) is 1. The number of Topliss-reactive ketones (excluding diaryl/α,β-unsaturated/α-hetero) is 1. The van der Waals surface area contributed by atoms with Gasteiger partial charge in [-0.1, -0.05) is 54.6 Å². The SMILES string of the molecule is CC(=O)c1ccc(-c2ccc(NC(C)c3ccccc3)nc2)cc1. The Hall–Kier alpha value is -2.94. The number of rotatable bonds is 5. The van der Waals surface area contributed by atoms with E-state index in [0.717, 1.165) is 22.5 Å². The lowest BCUT2D eigenvalue weighted by molar-refractivity contribution is 0.101. The summed E-state index contributed by atoms with van der Waals surface area (Å²) in [5.41, 5.74) is 4.03. The summed E-state index contributed by atoms with van der Waals surface area (Å²) in [6, 6.07) is 22.1. The lowest BCUT2D eigenvalue weighted by Gasteiger charge is -2.15. The quantitative estimate of drug-likeness (QED) is 0.664. The van der Waals surface area contributed by atoms with E-state index >= 15 is 0 Å². The maximum atomic E-state index is 11.3. The van der Waals surface area contributed by atoms with Crippen molar-refractivity contribution in [3.05, 3.63) is 84.1 Å². The molecule has 0 saturated heterocycles. The topological polar surface area (TPSA) is 42.0 Å². The van der Waals surface area contributed by atoms with E-state index in [1.807, 2.05) is 60.8 Å². The highest BCUT2D eigenvalue weighted by Crippen LogP contribution is 2.22. The van der Waals surface area contributed by atoms with Gasteiger partial charge in [0.05, 0.1) is 0 Å². The van der Waals surface area contributed by atoms with Gasteiger partial charge in [0, 0.05) is 23.4 Å². The highest BCUT2D eigenvalue weighted by molar-refractivity contribution is 5.94. The monoisotopic (exact) mass is 316 g/mol. The molecule has 0 radical (unpaired) electrons. The molecule has 1 N–H and O–H groups in total. The lowest BCUT2D eigenvalue weighted by Crippen LogP contribution is -2.07. The Kier molecular flexibility index (Phi) is 4.71. The van der Waals surface area contributed by atoms with Crippen LogP contribution in [0.5, 0.6) is 0 Å². The molecule has 2 aromatic carbocycles. The van der Waals surface area contributed by atoms with E-state index in [-0.39, 0.29) is 11.8 Å². The first-order valence-electron chi connectivity index (χ1n) is 8.02. The van der Waals surface area contributed by atoms with E-state index in [1.165, 1.54) is 5.56 Å². The minimum atomic E-state index is 0.0779. The number of carbonyl (C=O) groups excluding carboxylic acids is 1. The van der Waals surface area contributed by atoms with Gasteiger partial charge in [-0.3, -0.25) is 4.79 Å². The highest BCUT2D eigenvalue weighted by Gasteiger charge is 2.06. The molecular formula is C21H20N2O. The maximum absolute atomic E-state index is 11.3. The van der Waals surface area contributed by atoms with Crippen LogP contribution in [0, 0.1) is 0 Å². The second-order valence-electron chi connectivity index (χ2n) is 5.84. The van der Waals surface area contributed by atoms with Crippen LogP contribution in [0.4, 0.5) is 5.82 Å². The standard InChI is InChI=1S/C21H20N2O/c1-15(17-6-4-3-5-7-17)23-21-13-12-20(14-22-21)19-10-8-18(9-11-19)16(2)24/h3-15H,1-2H3,(H,22,23). The van der Waals surface area contributed by atoms with Crippen molar-refractivity contribution in [1.82, 2.24) is 4.98 Å². The minimum Gasteiger partial charge on any atom is -0.364 e. The molecule has 0 aliphatic rings. The smallest absolute Gasteiger partial charge is 0.159 e. The van der Waals surface area contributed by atoms with Crippen LogP contribution in [0.3, 0.4) is 0 Å². The van der Waals surface area contributed by atoms with Crippen LogP contribution in [0.1, 0.15) is 35.8 Å². The molecule has 0 bridgehead atoms. The van der Waals surface area contributed by atoms with Crippen LogP contribution in [0.2, 0.25) is 0 Å². The predicted octanol–water partition coefficient (Wildman–Crippen LogP) is 5.12. The largest absolute Gasteiger partial charge is 0.364 e. The first kappa shape index (κ1) is 15.9. The zero-order valence-corrected chi connectivity index (χ0v) is 13.9. The summed E-state index contributed by atoms with van der Waals surface area (Å²) in [6.07, 6.45) is 1.85. The number of benzene rings is 2. The van der Waals surface area contributed by atoms with E-state index in [0.29, 0.717) is 0 Å². The number of pyridine rings is 1. The highest BCUT2D eigenvalue weighted by atomic mass is 16.1. The Bertz CT molecular complexity index is 809. The Morgan fingerprint density at radius 1 is 0.917 bits per heavy atom. The molecule has 120 valence electrons. The summed E-state index contributed by atoms with van der Waals surface area (Å²) >= 11 is 0. The second-order valence-corrected chi connectivity index (χ2v) is 5.84. The molecule has 1 aromatic heterocycles. The Morgan fingerprint density at radius 2 is 1.58 bits per heavy atom. The van der Waals surface area contributed by atoms with Crippen LogP contribution in [-0.4, -0.2) is 10.8 Å². The van der Waals surface area contributed by atoms with Crippen molar-refractivity contribution < 1.29 is 4.79 Å². The zero-order chi connectivity index (χ0) is 16.9. The Labute approximate surface area is 142 Å². The van der Waals surface area contributed by atoms with E-state index in [4.69, 9.17) is 0 Å². The first-order chi connectivity index (χ1) is 11.6. The van der Waals surface area contributed by atoms with Crippen molar-refractivity contribution in [3.63, 3.8) is 0 Å². The van der Waals surface area contributed by atoms with Gasteiger partial charge in [0.2, 0.25) is 0 Å². The molecule has 0 amide bonds. The summed E-state index contributed by atoms with van der Waals surface area (Å²) in [5, 5.41) is 3.41. The third kappa shape index (κ3) is 3.69. The van der Waals surface area contributed by atoms with Crippen LogP contribution in [0.15, 0.2) is 72.9 Å². The van der Waals surface area contributed by atoms with Gasteiger partial charge < -0.3 is 5.32 Å². The number of nitrogens with zero attached hydrogens (tertiary/aromatic N) is 1. The predicted molar refractivity (Wildman–Crippen MR) is 98.2 cm³/mol. The molecule has 0 spiro atoms. The molecular weight excluding hydrogens is 296 g/mol. The molecule has 1 heterocycles. The number of nitrogens with one attached hydrogen (secondary N) is 1. The van der Waals surface area contributed by atoms with Gasteiger partial charge in [-0.2, -0.15) is 0 Å². The van der Waals surface area contributed by atoms with Crippen molar-refractivity contribution in [2.75, 3.05) is 5.32 Å². The molecule has 0 saturated carbocycles. The van der Waals surface area contributed by atoms with Crippen molar-refractivity contribution in [2.24, 2.45) is 0 Å². The molecule has 3 heteroatoms. The number of ketones is 1. The van der Waals surface area contributed by atoms with Crippen LogP contribution in [0.25, 0.3) is 11.1 Å². The molecule has 1 unspecified atom stereocenters. The number of anilines is 1. The van der Waals surface area contributed by atoms with Gasteiger partial charge in [0.25, 0.3) is 0 Å². The molecule has 3 nitrogen and oxygen atoms in total. The van der Waals surface area contributed by atoms with Gasteiger partial charge in [0.1, 0.15) is 5.82 Å². The molecule has 3 rings (SSSR count). The fourth-order valence-corrected chi connectivity index (χ4v) is 2.59. The Morgan fingerprint density at radius 3 is 2.17 bits per heavy atom. The number of aromatic nitrogens is 1. The van der Waals surface area contributed by atoms with Gasteiger partial charge >= 0.3 is 0 Å². The van der Waals surface area contributed by atoms with Crippen molar-refractivity contribution in [3.8, 4) is 11.1 Å². The number of carbonyl (C=O) groups is 1. The summed E-state index contributed by atoms with van der Waals surface area (Å²) < 4.78 is 0. The fraction of sp³-hybridized carbons (Fsp3) is 0.143. The van der Waals surface area contributed by atoms with Crippen molar-refractivity contribution in [1.29, 1.82) is 0 Å². The third-order valence-electron chi connectivity index (χ3n) is 4.05.